The van der Waals surface area contributed by atoms with Gasteiger partial charge >= 0.3 is 0 Å². The normalized spacial score (nSPS) is 13.2. The topological polar surface area (TPSA) is 0 Å². The number of fused-ring (bicyclic) bond motifs is 17. The van der Waals surface area contributed by atoms with Crippen molar-refractivity contribution in [2.24, 2.45) is 0 Å². The second-order valence-corrected chi connectivity index (χ2v) is 17.4. The van der Waals surface area contributed by atoms with E-state index in [9.17, 15) is 0 Å². The summed E-state index contributed by atoms with van der Waals surface area (Å²) in [5.74, 6) is 0. The molecule has 12 aromatic carbocycles. The quantitative estimate of drug-likeness (QED) is 0.156. The molecule has 2 aliphatic rings. The average Bonchev–Trinajstić information content (AvgIpc) is 3.83. The van der Waals surface area contributed by atoms with Crippen LogP contribution in [-0.4, -0.2) is 0 Å². The first-order valence-corrected chi connectivity index (χ1v) is 22.1. The van der Waals surface area contributed by atoms with Crippen molar-refractivity contribution in [2.75, 3.05) is 0 Å². The molecule has 0 amide bonds. The second-order valence-electron chi connectivity index (χ2n) is 17.4. The Morgan fingerprint density at radius 2 is 0.635 bits per heavy atom. The zero-order chi connectivity index (χ0) is 41.2. The molecular formula is C63H38. The summed E-state index contributed by atoms with van der Waals surface area (Å²) in [5.41, 5.74) is 17.8. The third-order valence-electron chi connectivity index (χ3n) is 14.5. The van der Waals surface area contributed by atoms with E-state index in [2.05, 4.69) is 231 Å². The Morgan fingerprint density at radius 3 is 1.24 bits per heavy atom. The van der Waals surface area contributed by atoms with Gasteiger partial charge in [0.15, 0.2) is 0 Å². The van der Waals surface area contributed by atoms with E-state index in [1.807, 2.05) is 0 Å². The summed E-state index contributed by atoms with van der Waals surface area (Å²) in [6.07, 6.45) is 0. The van der Waals surface area contributed by atoms with Crippen LogP contribution >= 0.6 is 0 Å². The van der Waals surface area contributed by atoms with Crippen LogP contribution in [0.1, 0.15) is 22.3 Å². The monoisotopic (exact) mass is 794 g/mol. The van der Waals surface area contributed by atoms with Gasteiger partial charge in [-0.1, -0.05) is 224 Å². The Balaban J connectivity index is 1.13. The van der Waals surface area contributed by atoms with Gasteiger partial charge in [0.05, 0.1) is 5.41 Å². The highest BCUT2D eigenvalue weighted by atomic mass is 14.5. The Morgan fingerprint density at radius 1 is 0.222 bits per heavy atom. The van der Waals surface area contributed by atoms with E-state index in [-0.39, 0.29) is 0 Å². The third kappa shape index (κ3) is 4.54. The van der Waals surface area contributed by atoms with Crippen molar-refractivity contribution in [3.05, 3.63) is 253 Å². The van der Waals surface area contributed by atoms with E-state index >= 15 is 0 Å². The van der Waals surface area contributed by atoms with Gasteiger partial charge in [-0.05, 0) is 138 Å². The smallest absolute Gasteiger partial charge is 0.0622 e. The lowest BCUT2D eigenvalue weighted by molar-refractivity contribution is 0.802. The van der Waals surface area contributed by atoms with Crippen molar-refractivity contribution in [3.63, 3.8) is 0 Å². The fourth-order valence-corrected chi connectivity index (χ4v) is 12.1. The van der Waals surface area contributed by atoms with Crippen LogP contribution in [-0.2, 0) is 5.41 Å². The number of benzene rings is 12. The van der Waals surface area contributed by atoms with Crippen LogP contribution in [0.2, 0.25) is 0 Å². The minimum Gasteiger partial charge on any atom is -0.0622 e. The van der Waals surface area contributed by atoms with E-state index in [1.54, 1.807) is 0 Å². The molecule has 0 heteroatoms. The lowest BCUT2D eigenvalue weighted by Crippen LogP contribution is -2.26. The van der Waals surface area contributed by atoms with Gasteiger partial charge < -0.3 is 0 Å². The van der Waals surface area contributed by atoms with Crippen LogP contribution in [0.4, 0.5) is 0 Å². The second kappa shape index (κ2) is 13.0. The molecule has 0 N–H and O–H groups in total. The first-order valence-electron chi connectivity index (χ1n) is 22.1. The maximum absolute atomic E-state index is 2.61. The minimum absolute atomic E-state index is 0.511. The zero-order valence-corrected chi connectivity index (χ0v) is 34.4. The molecule has 0 aliphatic heterocycles. The van der Waals surface area contributed by atoms with Gasteiger partial charge in [0.25, 0.3) is 0 Å². The van der Waals surface area contributed by atoms with Crippen molar-refractivity contribution in [2.45, 2.75) is 5.41 Å². The molecule has 12 aromatic rings. The fraction of sp³-hybridized carbons (Fsp3) is 0.0159. The van der Waals surface area contributed by atoms with E-state index in [0.29, 0.717) is 0 Å². The summed E-state index contributed by atoms with van der Waals surface area (Å²) < 4.78 is 0. The largest absolute Gasteiger partial charge is 0.0731 e. The summed E-state index contributed by atoms with van der Waals surface area (Å²) in [6, 6.07) is 86.7. The van der Waals surface area contributed by atoms with Crippen LogP contribution < -0.4 is 0 Å². The lowest BCUT2D eigenvalue weighted by atomic mass is 9.68. The van der Waals surface area contributed by atoms with E-state index in [1.165, 1.54) is 132 Å². The van der Waals surface area contributed by atoms with Gasteiger partial charge in [-0.15, -0.1) is 0 Å². The molecule has 14 rings (SSSR count). The molecule has 63 heavy (non-hydrogen) atoms. The Bertz CT molecular complexity index is 3800. The molecule has 0 heterocycles. The molecular weight excluding hydrogens is 757 g/mol. The highest BCUT2D eigenvalue weighted by Gasteiger charge is 2.53. The SMILES string of the molecule is c1ccc(-c2ccc(-c3c4ccccc4c(-c4cc5c(c6ccccc46)-c4ccc6ccccc6c4C54c5ccccc5-c5ccccc54)c4ccccc34)c3ccccc23)cc1. The van der Waals surface area contributed by atoms with Crippen LogP contribution in [0.15, 0.2) is 231 Å². The highest BCUT2D eigenvalue weighted by Crippen LogP contribution is 2.66. The van der Waals surface area contributed by atoms with Crippen molar-refractivity contribution < 1.29 is 0 Å². The van der Waals surface area contributed by atoms with Crippen LogP contribution in [0.25, 0.3) is 109 Å². The molecule has 0 saturated carbocycles. The maximum atomic E-state index is 2.61. The standard InChI is InChI=1S/C63H38/c1-2-18-39(19-3-1)41-36-37-53(44-23-7-6-22-43(41)44)59-49-28-10-12-30-51(49)60(52-31-13-11-29-50(52)59)55-38-58-61(48-27-9-8-24-45(48)55)54-35-34-40-20-4-5-21-42(40)62(54)63(58)56-32-16-14-25-46(56)47-26-15-17-33-57(47)63/h1-38H. The van der Waals surface area contributed by atoms with Gasteiger partial charge in [0.1, 0.15) is 0 Å². The number of hydrogen-bond donors (Lipinski definition) is 0. The highest BCUT2D eigenvalue weighted by molar-refractivity contribution is 6.27. The first kappa shape index (κ1) is 34.6. The number of hydrogen-bond acceptors (Lipinski definition) is 0. The Kier molecular flexibility index (Phi) is 7.13. The zero-order valence-electron chi connectivity index (χ0n) is 34.4. The van der Waals surface area contributed by atoms with Crippen molar-refractivity contribution >= 4 is 53.9 Å². The molecule has 1 spiro atoms. The molecule has 0 bridgehead atoms. The summed E-state index contributed by atoms with van der Waals surface area (Å²) in [5, 5.41) is 12.7. The summed E-state index contributed by atoms with van der Waals surface area (Å²) in [6.45, 7) is 0. The Hall–Kier alpha value is -8.06. The van der Waals surface area contributed by atoms with Crippen molar-refractivity contribution in [1.82, 2.24) is 0 Å². The molecule has 290 valence electrons. The van der Waals surface area contributed by atoms with Gasteiger partial charge in [-0.2, -0.15) is 0 Å². The van der Waals surface area contributed by atoms with Gasteiger partial charge in [0, 0.05) is 0 Å². The average molecular weight is 795 g/mol. The summed E-state index contributed by atoms with van der Waals surface area (Å²) >= 11 is 0. The van der Waals surface area contributed by atoms with Gasteiger partial charge in [-0.25, -0.2) is 0 Å². The predicted molar refractivity (Wildman–Crippen MR) is 267 cm³/mol. The maximum Gasteiger partial charge on any atom is 0.0731 e. The molecule has 2 aliphatic carbocycles. The number of rotatable bonds is 3. The summed E-state index contributed by atoms with van der Waals surface area (Å²) in [7, 11) is 0. The fourth-order valence-electron chi connectivity index (χ4n) is 12.1. The molecule has 0 nitrogen and oxygen atoms in total. The van der Waals surface area contributed by atoms with Crippen molar-refractivity contribution in [1.29, 1.82) is 0 Å². The van der Waals surface area contributed by atoms with Gasteiger partial charge in [0.2, 0.25) is 0 Å². The predicted octanol–water partition coefficient (Wildman–Crippen LogP) is 16.8. The summed E-state index contributed by atoms with van der Waals surface area (Å²) in [4.78, 5) is 0. The third-order valence-corrected chi connectivity index (χ3v) is 14.5. The van der Waals surface area contributed by atoms with E-state index in [4.69, 9.17) is 0 Å². The Labute approximate surface area is 366 Å². The first-order chi connectivity index (χ1) is 31.3. The van der Waals surface area contributed by atoms with E-state index in [0.717, 1.165) is 0 Å². The molecule has 0 saturated heterocycles. The van der Waals surface area contributed by atoms with Crippen LogP contribution in [0, 0.1) is 0 Å². The van der Waals surface area contributed by atoms with Crippen LogP contribution in [0.5, 0.6) is 0 Å². The molecule has 0 unspecified atom stereocenters. The molecule has 0 atom stereocenters. The van der Waals surface area contributed by atoms with E-state index < -0.39 is 5.41 Å². The van der Waals surface area contributed by atoms with Crippen molar-refractivity contribution in [3.8, 4) is 55.6 Å². The lowest BCUT2D eigenvalue weighted by Gasteiger charge is -2.32. The molecule has 0 aromatic heterocycles. The van der Waals surface area contributed by atoms with Crippen LogP contribution in [0.3, 0.4) is 0 Å². The molecule has 0 fully saturated rings. The minimum atomic E-state index is -0.511. The molecule has 0 radical (unpaired) electrons. The van der Waals surface area contributed by atoms with Gasteiger partial charge in [-0.3, -0.25) is 0 Å².